The van der Waals surface area contributed by atoms with E-state index >= 15 is 0 Å². The van der Waals surface area contributed by atoms with Crippen LogP contribution in [0.25, 0.3) is 11.0 Å². The number of hydrogen-bond acceptors (Lipinski definition) is 2. The molecule has 0 amide bonds. The first kappa shape index (κ1) is 10.5. The van der Waals surface area contributed by atoms with E-state index in [-0.39, 0.29) is 6.04 Å². The molecule has 80 valence electrons. The molecule has 0 aliphatic carbocycles. The zero-order chi connectivity index (χ0) is 11.0. The zero-order valence-electron chi connectivity index (χ0n) is 8.88. The van der Waals surface area contributed by atoms with Crippen LogP contribution in [0.4, 0.5) is 0 Å². The van der Waals surface area contributed by atoms with Gasteiger partial charge in [-0.15, -0.1) is 0 Å². The van der Waals surface area contributed by atoms with Crippen molar-refractivity contribution in [3.8, 4) is 0 Å². The van der Waals surface area contributed by atoms with Crippen LogP contribution in [-0.2, 0) is 0 Å². The van der Waals surface area contributed by atoms with Gasteiger partial charge >= 0.3 is 0 Å². The number of benzene rings is 1. The highest BCUT2D eigenvalue weighted by Gasteiger charge is 2.13. The molecule has 0 fully saturated rings. The summed E-state index contributed by atoms with van der Waals surface area (Å²) < 4.78 is 5.72. The molecule has 0 aliphatic heterocycles. The summed E-state index contributed by atoms with van der Waals surface area (Å²) in [6, 6.07) is 5.73. The van der Waals surface area contributed by atoms with E-state index in [1.54, 1.807) is 0 Å². The smallest absolute Gasteiger partial charge is 0.138 e. The van der Waals surface area contributed by atoms with Gasteiger partial charge in [0.15, 0.2) is 0 Å². The van der Waals surface area contributed by atoms with Crippen molar-refractivity contribution in [1.29, 1.82) is 0 Å². The Morgan fingerprint density at radius 3 is 2.80 bits per heavy atom. The Labute approximate surface area is 94.0 Å². The number of aryl methyl sites for hydroxylation is 1. The van der Waals surface area contributed by atoms with Crippen molar-refractivity contribution in [2.24, 2.45) is 5.73 Å². The van der Waals surface area contributed by atoms with Gasteiger partial charge < -0.3 is 10.2 Å². The van der Waals surface area contributed by atoms with Gasteiger partial charge in [0.25, 0.3) is 0 Å². The van der Waals surface area contributed by atoms with Crippen LogP contribution in [-0.4, -0.2) is 0 Å². The second-order valence-electron chi connectivity index (χ2n) is 3.77. The van der Waals surface area contributed by atoms with Crippen LogP contribution in [0, 0.1) is 6.92 Å². The molecular weight excluding hydrogens is 210 g/mol. The molecule has 0 radical (unpaired) electrons. The zero-order valence-corrected chi connectivity index (χ0v) is 9.64. The monoisotopic (exact) mass is 223 g/mol. The normalized spacial score (nSPS) is 13.3. The molecule has 2 N–H and O–H groups in total. The predicted octanol–water partition coefficient (Wildman–Crippen LogP) is 3.80. The molecule has 1 aromatic carbocycles. The number of hydrogen-bond donors (Lipinski definition) is 1. The highest BCUT2D eigenvalue weighted by atomic mass is 35.5. The molecule has 0 aliphatic rings. The Morgan fingerprint density at radius 2 is 2.20 bits per heavy atom. The Kier molecular flexibility index (Phi) is 2.72. The van der Waals surface area contributed by atoms with E-state index in [9.17, 15) is 0 Å². The van der Waals surface area contributed by atoms with Crippen LogP contribution < -0.4 is 5.73 Å². The molecule has 1 atom stereocenters. The SMILES string of the molecule is CCC(N)c1cc2c(Cl)ccc(C)c2o1. The van der Waals surface area contributed by atoms with Gasteiger partial charge in [-0.25, -0.2) is 0 Å². The second-order valence-corrected chi connectivity index (χ2v) is 4.18. The van der Waals surface area contributed by atoms with Gasteiger partial charge in [-0.3, -0.25) is 0 Å². The van der Waals surface area contributed by atoms with Gasteiger partial charge in [-0.2, -0.15) is 0 Å². The molecule has 0 saturated carbocycles. The molecule has 0 saturated heterocycles. The van der Waals surface area contributed by atoms with Gasteiger partial charge in [-0.1, -0.05) is 24.6 Å². The van der Waals surface area contributed by atoms with Gasteiger partial charge in [0.2, 0.25) is 0 Å². The minimum Gasteiger partial charge on any atom is -0.459 e. The number of rotatable bonds is 2. The maximum Gasteiger partial charge on any atom is 0.138 e. The van der Waals surface area contributed by atoms with E-state index < -0.39 is 0 Å². The van der Waals surface area contributed by atoms with Crippen LogP contribution in [0.1, 0.15) is 30.7 Å². The van der Waals surface area contributed by atoms with E-state index in [0.717, 1.165) is 28.7 Å². The van der Waals surface area contributed by atoms with Gasteiger partial charge in [-0.05, 0) is 31.0 Å². The molecule has 15 heavy (non-hydrogen) atoms. The maximum atomic E-state index is 6.09. The van der Waals surface area contributed by atoms with Crippen molar-refractivity contribution in [3.63, 3.8) is 0 Å². The standard InChI is InChI=1S/C12H14ClNO/c1-3-10(14)11-6-8-9(13)5-4-7(2)12(8)15-11/h4-6,10H,3,14H2,1-2H3. The van der Waals surface area contributed by atoms with Crippen molar-refractivity contribution in [2.45, 2.75) is 26.3 Å². The van der Waals surface area contributed by atoms with Crippen molar-refractivity contribution >= 4 is 22.6 Å². The molecular formula is C12H14ClNO. The molecule has 1 unspecified atom stereocenters. The molecule has 3 heteroatoms. The maximum absolute atomic E-state index is 6.09. The highest BCUT2D eigenvalue weighted by molar-refractivity contribution is 6.35. The average molecular weight is 224 g/mol. The summed E-state index contributed by atoms with van der Waals surface area (Å²) in [5.41, 5.74) is 7.86. The van der Waals surface area contributed by atoms with Gasteiger partial charge in [0.1, 0.15) is 11.3 Å². The minimum atomic E-state index is -0.0483. The van der Waals surface area contributed by atoms with Crippen LogP contribution >= 0.6 is 11.6 Å². The Balaban J connectivity index is 2.64. The Hall–Kier alpha value is -0.990. The van der Waals surface area contributed by atoms with Crippen molar-refractivity contribution in [2.75, 3.05) is 0 Å². The summed E-state index contributed by atoms with van der Waals surface area (Å²) in [6.45, 7) is 4.04. The van der Waals surface area contributed by atoms with Crippen LogP contribution in [0.3, 0.4) is 0 Å². The fraction of sp³-hybridized carbons (Fsp3) is 0.333. The van der Waals surface area contributed by atoms with E-state index in [1.165, 1.54) is 0 Å². The number of fused-ring (bicyclic) bond motifs is 1. The Bertz CT molecular complexity index is 451. The van der Waals surface area contributed by atoms with Crippen molar-refractivity contribution < 1.29 is 4.42 Å². The van der Waals surface area contributed by atoms with E-state index in [4.69, 9.17) is 21.8 Å². The lowest BCUT2D eigenvalue weighted by molar-refractivity contribution is 0.487. The summed E-state index contributed by atoms with van der Waals surface area (Å²) >= 11 is 6.09. The Morgan fingerprint density at radius 1 is 1.47 bits per heavy atom. The second kappa shape index (κ2) is 3.87. The quantitative estimate of drug-likeness (QED) is 0.841. The fourth-order valence-electron chi connectivity index (χ4n) is 1.63. The van der Waals surface area contributed by atoms with E-state index in [1.807, 2.05) is 32.0 Å². The van der Waals surface area contributed by atoms with Gasteiger partial charge in [0, 0.05) is 5.39 Å². The molecule has 1 heterocycles. The highest BCUT2D eigenvalue weighted by Crippen LogP contribution is 2.31. The molecule has 0 bridgehead atoms. The number of furan rings is 1. The van der Waals surface area contributed by atoms with Crippen molar-refractivity contribution in [3.05, 3.63) is 34.5 Å². The lowest BCUT2D eigenvalue weighted by Crippen LogP contribution is -2.06. The summed E-state index contributed by atoms with van der Waals surface area (Å²) in [7, 11) is 0. The van der Waals surface area contributed by atoms with Crippen LogP contribution in [0.15, 0.2) is 22.6 Å². The first-order valence-electron chi connectivity index (χ1n) is 5.07. The predicted molar refractivity (Wildman–Crippen MR) is 63.2 cm³/mol. The third-order valence-corrected chi connectivity index (χ3v) is 2.98. The third-order valence-electron chi connectivity index (χ3n) is 2.65. The first-order chi connectivity index (χ1) is 7.13. The first-order valence-corrected chi connectivity index (χ1v) is 5.45. The summed E-state index contributed by atoms with van der Waals surface area (Å²) in [4.78, 5) is 0. The lowest BCUT2D eigenvalue weighted by atomic mass is 10.1. The summed E-state index contributed by atoms with van der Waals surface area (Å²) in [5, 5.41) is 1.67. The lowest BCUT2D eigenvalue weighted by Gasteiger charge is -2.02. The minimum absolute atomic E-state index is 0.0483. The molecule has 0 spiro atoms. The van der Waals surface area contributed by atoms with E-state index in [2.05, 4.69) is 0 Å². The summed E-state index contributed by atoms with van der Waals surface area (Å²) in [5.74, 6) is 0.809. The molecule has 2 aromatic rings. The number of nitrogens with two attached hydrogens (primary N) is 1. The van der Waals surface area contributed by atoms with Crippen LogP contribution in [0.5, 0.6) is 0 Å². The van der Waals surface area contributed by atoms with Crippen LogP contribution in [0.2, 0.25) is 5.02 Å². The van der Waals surface area contributed by atoms with Crippen molar-refractivity contribution in [1.82, 2.24) is 0 Å². The fourth-order valence-corrected chi connectivity index (χ4v) is 1.83. The van der Waals surface area contributed by atoms with Gasteiger partial charge in [0.05, 0.1) is 11.1 Å². The average Bonchev–Trinajstić information content (AvgIpc) is 2.68. The number of halogens is 1. The van der Waals surface area contributed by atoms with E-state index in [0.29, 0.717) is 5.02 Å². The molecule has 1 aromatic heterocycles. The summed E-state index contributed by atoms with van der Waals surface area (Å²) in [6.07, 6.45) is 0.858. The molecule has 2 nitrogen and oxygen atoms in total. The third kappa shape index (κ3) is 1.75. The topological polar surface area (TPSA) is 39.2 Å². The molecule has 2 rings (SSSR count). The largest absolute Gasteiger partial charge is 0.459 e.